The Labute approximate surface area is 84.0 Å². The van der Waals surface area contributed by atoms with E-state index in [9.17, 15) is 4.79 Å². The molecule has 1 heterocycles. The maximum atomic E-state index is 11.6. The second-order valence-electron chi connectivity index (χ2n) is 3.24. The molecular formula is C9H18N2OS. The van der Waals surface area contributed by atoms with Gasteiger partial charge in [0.1, 0.15) is 0 Å². The van der Waals surface area contributed by atoms with Gasteiger partial charge in [-0.3, -0.25) is 4.79 Å². The van der Waals surface area contributed by atoms with E-state index in [1.54, 1.807) is 0 Å². The zero-order chi connectivity index (χ0) is 9.52. The van der Waals surface area contributed by atoms with Gasteiger partial charge in [-0.2, -0.15) is 11.8 Å². The van der Waals surface area contributed by atoms with Crippen molar-refractivity contribution in [3.63, 3.8) is 0 Å². The van der Waals surface area contributed by atoms with E-state index >= 15 is 0 Å². The highest BCUT2D eigenvalue weighted by Crippen LogP contribution is 2.11. The summed E-state index contributed by atoms with van der Waals surface area (Å²) < 4.78 is 0. The van der Waals surface area contributed by atoms with Gasteiger partial charge in [0.15, 0.2) is 0 Å². The van der Waals surface area contributed by atoms with Crippen LogP contribution in [0.1, 0.15) is 19.3 Å². The van der Waals surface area contributed by atoms with E-state index in [1.807, 2.05) is 16.7 Å². The Morgan fingerprint density at radius 2 is 2.23 bits per heavy atom. The van der Waals surface area contributed by atoms with Crippen LogP contribution in [-0.2, 0) is 4.79 Å². The Hall–Kier alpha value is -0.220. The molecule has 0 saturated carbocycles. The molecule has 1 saturated heterocycles. The molecule has 0 atom stereocenters. The molecule has 0 spiro atoms. The van der Waals surface area contributed by atoms with Gasteiger partial charge < -0.3 is 10.6 Å². The fraction of sp³-hybridized carbons (Fsp3) is 0.889. The average Bonchev–Trinajstić information content (AvgIpc) is 2.42. The smallest absolute Gasteiger partial charge is 0.222 e. The van der Waals surface area contributed by atoms with Gasteiger partial charge >= 0.3 is 0 Å². The predicted octanol–water partition coefficient (Wildman–Crippen LogP) is 0.691. The molecule has 1 amide bonds. The number of rotatable bonds is 3. The van der Waals surface area contributed by atoms with E-state index in [0.717, 1.165) is 31.7 Å². The molecule has 2 N–H and O–H groups in total. The summed E-state index contributed by atoms with van der Waals surface area (Å²) in [6.45, 7) is 2.48. The van der Waals surface area contributed by atoms with Crippen LogP contribution in [-0.4, -0.2) is 41.9 Å². The molecule has 4 heteroatoms. The number of nitrogens with zero attached hydrogens (tertiary/aromatic N) is 1. The highest BCUT2D eigenvalue weighted by molar-refractivity contribution is 7.99. The summed E-state index contributed by atoms with van der Waals surface area (Å²) >= 11 is 1.94. The Balaban J connectivity index is 2.26. The molecule has 0 aromatic rings. The van der Waals surface area contributed by atoms with Crippen LogP contribution in [0.4, 0.5) is 0 Å². The Bertz CT molecular complexity index is 156. The molecule has 0 aromatic heterocycles. The lowest BCUT2D eigenvalue weighted by Crippen LogP contribution is -2.33. The number of thioether (sulfide) groups is 1. The van der Waals surface area contributed by atoms with Gasteiger partial charge in [-0.1, -0.05) is 0 Å². The highest BCUT2D eigenvalue weighted by atomic mass is 32.2. The summed E-state index contributed by atoms with van der Waals surface area (Å²) in [7, 11) is 0. The SMILES string of the molecule is NCCCC(=O)N1CCCSCC1. The predicted molar refractivity (Wildman–Crippen MR) is 56.8 cm³/mol. The standard InChI is InChI=1S/C9H18N2OS/c10-4-1-3-9(12)11-5-2-7-13-8-6-11/h1-8,10H2. The molecule has 0 aliphatic carbocycles. The molecule has 1 aliphatic heterocycles. The van der Waals surface area contributed by atoms with Crippen LogP contribution in [0, 0.1) is 0 Å². The van der Waals surface area contributed by atoms with E-state index in [4.69, 9.17) is 5.73 Å². The molecule has 3 nitrogen and oxygen atoms in total. The van der Waals surface area contributed by atoms with Crippen molar-refractivity contribution in [3.05, 3.63) is 0 Å². The fourth-order valence-corrected chi connectivity index (χ4v) is 2.29. The Morgan fingerprint density at radius 1 is 1.38 bits per heavy atom. The minimum Gasteiger partial charge on any atom is -0.342 e. The summed E-state index contributed by atoms with van der Waals surface area (Å²) in [6, 6.07) is 0. The summed E-state index contributed by atoms with van der Waals surface area (Å²) in [6.07, 6.45) is 2.59. The van der Waals surface area contributed by atoms with Crippen LogP contribution in [0.25, 0.3) is 0 Å². The topological polar surface area (TPSA) is 46.3 Å². The van der Waals surface area contributed by atoms with Crippen LogP contribution < -0.4 is 5.73 Å². The first-order chi connectivity index (χ1) is 6.34. The highest BCUT2D eigenvalue weighted by Gasteiger charge is 2.14. The molecule has 13 heavy (non-hydrogen) atoms. The second kappa shape index (κ2) is 6.27. The zero-order valence-electron chi connectivity index (χ0n) is 8.00. The third-order valence-corrected chi connectivity index (χ3v) is 3.22. The van der Waals surface area contributed by atoms with Gasteiger partial charge in [0.05, 0.1) is 0 Å². The molecular weight excluding hydrogens is 184 g/mol. The summed E-state index contributed by atoms with van der Waals surface area (Å²) in [5.41, 5.74) is 5.36. The largest absolute Gasteiger partial charge is 0.342 e. The third-order valence-electron chi connectivity index (χ3n) is 2.17. The van der Waals surface area contributed by atoms with Crippen molar-refractivity contribution >= 4 is 17.7 Å². The first-order valence-electron chi connectivity index (χ1n) is 4.90. The third kappa shape index (κ3) is 4.00. The summed E-state index contributed by atoms with van der Waals surface area (Å²) in [5.74, 6) is 2.57. The van der Waals surface area contributed by atoms with Crippen molar-refractivity contribution in [2.24, 2.45) is 5.73 Å². The molecule has 1 rings (SSSR count). The minimum atomic E-state index is 0.285. The van der Waals surface area contributed by atoms with Crippen LogP contribution in [0.3, 0.4) is 0 Å². The van der Waals surface area contributed by atoms with Gasteiger partial charge in [0.2, 0.25) is 5.91 Å². The lowest BCUT2D eigenvalue weighted by molar-refractivity contribution is -0.131. The monoisotopic (exact) mass is 202 g/mol. The number of hydrogen-bond acceptors (Lipinski definition) is 3. The quantitative estimate of drug-likeness (QED) is 0.732. The van der Waals surface area contributed by atoms with E-state index in [-0.39, 0.29) is 5.91 Å². The van der Waals surface area contributed by atoms with Gasteiger partial charge in [-0.05, 0) is 25.1 Å². The van der Waals surface area contributed by atoms with Gasteiger partial charge in [0.25, 0.3) is 0 Å². The number of nitrogens with two attached hydrogens (primary N) is 1. The maximum Gasteiger partial charge on any atom is 0.222 e. The van der Waals surface area contributed by atoms with Crippen molar-refractivity contribution in [3.8, 4) is 0 Å². The van der Waals surface area contributed by atoms with E-state index in [1.165, 1.54) is 5.75 Å². The lowest BCUT2D eigenvalue weighted by atomic mass is 10.2. The normalized spacial score (nSPS) is 18.4. The van der Waals surface area contributed by atoms with E-state index in [0.29, 0.717) is 13.0 Å². The van der Waals surface area contributed by atoms with E-state index in [2.05, 4.69) is 0 Å². The van der Waals surface area contributed by atoms with Crippen molar-refractivity contribution in [2.45, 2.75) is 19.3 Å². The molecule has 0 aromatic carbocycles. The maximum absolute atomic E-state index is 11.6. The first-order valence-corrected chi connectivity index (χ1v) is 6.05. The van der Waals surface area contributed by atoms with Gasteiger partial charge in [0, 0.05) is 25.3 Å². The van der Waals surface area contributed by atoms with Crippen molar-refractivity contribution in [1.82, 2.24) is 4.90 Å². The van der Waals surface area contributed by atoms with Crippen molar-refractivity contribution in [2.75, 3.05) is 31.1 Å². The van der Waals surface area contributed by atoms with Crippen LogP contribution in [0.5, 0.6) is 0 Å². The van der Waals surface area contributed by atoms with Gasteiger partial charge in [-0.15, -0.1) is 0 Å². The van der Waals surface area contributed by atoms with Crippen molar-refractivity contribution in [1.29, 1.82) is 0 Å². The fourth-order valence-electron chi connectivity index (χ4n) is 1.41. The van der Waals surface area contributed by atoms with E-state index < -0.39 is 0 Å². The number of hydrogen-bond donors (Lipinski definition) is 1. The summed E-state index contributed by atoms with van der Waals surface area (Å²) in [5, 5.41) is 0. The van der Waals surface area contributed by atoms with Crippen molar-refractivity contribution < 1.29 is 4.79 Å². The number of amides is 1. The Morgan fingerprint density at radius 3 is 3.00 bits per heavy atom. The molecule has 0 unspecified atom stereocenters. The lowest BCUT2D eigenvalue weighted by Gasteiger charge is -2.19. The first kappa shape index (κ1) is 10.9. The zero-order valence-corrected chi connectivity index (χ0v) is 8.81. The molecule has 0 radical (unpaired) electrons. The summed E-state index contributed by atoms with van der Waals surface area (Å²) in [4.78, 5) is 13.6. The molecule has 76 valence electrons. The van der Waals surface area contributed by atoms with Gasteiger partial charge in [-0.25, -0.2) is 0 Å². The van der Waals surface area contributed by atoms with Crippen LogP contribution >= 0.6 is 11.8 Å². The molecule has 1 fully saturated rings. The number of carbonyl (C=O) groups excluding carboxylic acids is 1. The molecule has 1 aliphatic rings. The average molecular weight is 202 g/mol. The minimum absolute atomic E-state index is 0.285. The second-order valence-corrected chi connectivity index (χ2v) is 4.46. The number of carbonyl (C=O) groups is 1. The van der Waals surface area contributed by atoms with Crippen LogP contribution in [0.2, 0.25) is 0 Å². The molecule has 0 bridgehead atoms. The Kier molecular flexibility index (Phi) is 5.23. The van der Waals surface area contributed by atoms with Crippen LogP contribution in [0.15, 0.2) is 0 Å².